The van der Waals surface area contributed by atoms with Crippen LogP contribution in [0, 0.1) is 0 Å². The van der Waals surface area contributed by atoms with Gasteiger partial charge >= 0.3 is 5.97 Å². The Morgan fingerprint density at radius 3 is 2.56 bits per heavy atom. The van der Waals surface area contributed by atoms with Crippen LogP contribution in [-0.2, 0) is 4.74 Å². The first kappa shape index (κ1) is 18.3. The van der Waals surface area contributed by atoms with Gasteiger partial charge in [-0.25, -0.2) is 4.79 Å². The number of para-hydroxylation sites is 1. The van der Waals surface area contributed by atoms with Gasteiger partial charge in [0.15, 0.2) is 0 Å². The molecule has 1 aromatic heterocycles. The van der Waals surface area contributed by atoms with Gasteiger partial charge in [0.1, 0.15) is 22.8 Å². The summed E-state index contributed by atoms with van der Waals surface area (Å²) in [7, 11) is 2.99. The maximum absolute atomic E-state index is 12.8. The molecule has 2 aromatic carbocycles. The lowest BCUT2D eigenvalue weighted by Gasteiger charge is -2.11. The Labute approximate surface area is 155 Å². The standard InChI is InChI=1S/C20H19NO6/c1-4-26-20(23)18-17(13-7-5-6-8-15(13)27-18)21-19(22)14-10-9-12(24-2)11-16(14)25-3/h5-11H,4H2,1-3H3,(H,21,22). The first-order valence-corrected chi connectivity index (χ1v) is 8.31. The number of anilines is 1. The predicted molar refractivity (Wildman–Crippen MR) is 99.7 cm³/mol. The molecular weight excluding hydrogens is 350 g/mol. The summed E-state index contributed by atoms with van der Waals surface area (Å²) in [5, 5.41) is 3.35. The summed E-state index contributed by atoms with van der Waals surface area (Å²) >= 11 is 0. The van der Waals surface area contributed by atoms with E-state index in [2.05, 4.69) is 5.32 Å². The third-order valence-electron chi connectivity index (χ3n) is 3.95. The van der Waals surface area contributed by atoms with Crippen molar-refractivity contribution in [1.82, 2.24) is 0 Å². The molecule has 3 aromatic rings. The lowest BCUT2D eigenvalue weighted by atomic mass is 10.1. The van der Waals surface area contributed by atoms with Crippen LogP contribution in [0.1, 0.15) is 27.8 Å². The van der Waals surface area contributed by atoms with Crippen molar-refractivity contribution in [3.05, 3.63) is 53.8 Å². The monoisotopic (exact) mass is 369 g/mol. The second-order valence-electron chi connectivity index (χ2n) is 5.54. The normalized spacial score (nSPS) is 10.5. The summed E-state index contributed by atoms with van der Waals surface area (Å²) in [5.74, 6) is -0.252. The Morgan fingerprint density at radius 1 is 1.07 bits per heavy atom. The van der Waals surface area contributed by atoms with Crippen molar-refractivity contribution >= 4 is 28.5 Å². The molecule has 0 saturated carbocycles. The summed E-state index contributed by atoms with van der Waals surface area (Å²) < 4.78 is 21.1. The van der Waals surface area contributed by atoms with Gasteiger partial charge in [-0.15, -0.1) is 0 Å². The number of nitrogens with one attached hydrogen (secondary N) is 1. The number of methoxy groups -OCH3 is 2. The van der Waals surface area contributed by atoms with E-state index in [0.29, 0.717) is 28.0 Å². The molecule has 1 heterocycles. The van der Waals surface area contributed by atoms with Crippen molar-refractivity contribution in [2.24, 2.45) is 0 Å². The van der Waals surface area contributed by atoms with Crippen LogP contribution in [-0.4, -0.2) is 32.7 Å². The topological polar surface area (TPSA) is 87.0 Å². The average Bonchev–Trinajstić information content (AvgIpc) is 3.06. The molecule has 1 N–H and O–H groups in total. The number of furan rings is 1. The van der Waals surface area contributed by atoms with Gasteiger partial charge in [0.2, 0.25) is 5.76 Å². The molecule has 0 aliphatic carbocycles. The Morgan fingerprint density at radius 2 is 1.85 bits per heavy atom. The number of rotatable bonds is 6. The lowest BCUT2D eigenvalue weighted by molar-refractivity contribution is 0.0494. The molecule has 0 aliphatic rings. The number of ether oxygens (including phenoxy) is 3. The Hall–Kier alpha value is -3.48. The summed E-state index contributed by atoms with van der Waals surface area (Å²) in [6.45, 7) is 1.89. The van der Waals surface area contributed by atoms with E-state index in [-0.39, 0.29) is 18.1 Å². The molecule has 0 fully saturated rings. The fourth-order valence-corrected chi connectivity index (χ4v) is 2.68. The van der Waals surface area contributed by atoms with Crippen molar-refractivity contribution in [3.63, 3.8) is 0 Å². The SMILES string of the molecule is CCOC(=O)c1oc2ccccc2c1NC(=O)c1ccc(OC)cc1OC. The van der Waals surface area contributed by atoms with Crippen LogP contribution in [0.2, 0.25) is 0 Å². The quantitative estimate of drug-likeness (QED) is 0.664. The second kappa shape index (κ2) is 7.82. The molecule has 0 bridgehead atoms. The highest BCUT2D eigenvalue weighted by Gasteiger charge is 2.24. The van der Waals surface area contributed by atoms with Crippen LogP contribution < -0.4 is 14.8 Å². The van der Waals surface area contributed by atoms with Crippen LogP contribution in [0.25, 0.3) is 11.0 Å². The van der Waals surface area contributed by atoms with Crippen molar-refractivity contribution in [2.75, 3.05) is 26.1 Å². The first-order chi connectivity index (χ1) is 13.1. The zero-order valence-corrected chi connectivity index (χ0v) is 15.2. The molecule has 7 heteroatoms. The van der Waals surface area contributed by atoms with Crippen LogP contribution in [0.5, 0.6) is 11.5 Å². The minimum Gasteiger partial charge on any atom is -0.497 e. The van der Waals surface area contributed by atoms with Gasteiger partial charge in [0.05, 0.1) is 26.4 Å². The average molecular weight is 369 g/mol. The van der Waals surface area contributed by atoms with Crippen molar-refractivity contribution < 1.29 is 28.2 Å². The lowest BCUT2D eigenvalue weighted by Crippen LogP contribution is -2.16. The Bertz CT molecular complexity index is 991. The van der Waals surface area contributed by atoms with E-state index in [1.54, 1.807) is 49.4 Å². The molecule has 27 heavy (non-hydrogen) atoms. The van der Waals surface area contributed by atoms with Gasteiger partial charge in [-0.1, -0.05) is 12.1 Å². The van der Waals surface area contributed by atoms with Crippen molar-refractivity contribution in [3.8, 4) is 11.5 Å². The van der Waals surface area contributed by atoms with E-state index in [0.717, 1.165) is 0 Å². The van der Waals surface area contributed by atoms with E-state index in [9.17, 15) is 9.59 Å². The van der Waals surface area contributed by atoms with E-state index < -0.39 is 11.9 Å². The number of amides is 1. The van der Waals surface area contributed by atoms with Gasteiger partial charge in [0, 0.05) is 11.5 Å². The van der Waals surface area contributed by atoms with Crippen LogP contribution >= 0.6 is 0 Å². The van der Waals surface area contributed by atoms with Gasteiger partial charge in [0.25, 0.3) is 5.91 Å². The molecule has 3 rings (SSSR count). The fraction of sp³-hybridized carbons (Fsp3) is 0.200. The molecular formula is C20H19NO6. The number of hydrogen-bond donors (Lipinski definition) is 1. The number of hydrogen-bond acceptors (Lipinski definition) is 6. The number of carbonyl (C=O) groups is 2. The summed E-state index contributed by atoms with van der Waals surface area (Å²) in [6, 6.07) is 11.9. The zero-order chi connectivity index (χ0) is 19.4. The van der Waals surface area contributed by atoms with Gasteiger partial charge < -0.3 is 23.9 Å². The van der Waals surface area contributed by atoms with Gasteiger partial charge in [-0.2, -0.15) is 0 Å². The summed E-state index contributed by atoms with van der Waals surface area (Å²) in [6.07, 6.45) is 0. The van der Waals surface area contributed by atoms with E-state index in [1.165, 1.54) is 14.2 Å². The van der Waals surface area contributed by atoms with Crippen LogP contribution in [0.4, 0.5) is 5.69 Å². The maximum atomic E-state index is 12.8. The molecule has 0 saturated heterocycles. The second-order valence-corrected chi connectivity index (χ2v) is 5.54. The van der Waals surface area contributed by atoms with Crippen molar-refractivity contribution in [2.45, 2.75) is 6.92 Å². The largest absolute Gasteiger partial charge is 0.497 e. The molecule has 0 atom stereocenters. The first-order valence-electron chi connectivity index (χ1n) is 8.31. The van der Waals surface area contributed by atoms with Gasteiger partial charge in [-0.05, 0) is 31.2 Å². The molecule has 1 amide bonds. The Kier molecular flexibility index (Phi) is 5.30. The van der Waals surface area contributed by atoms with E-state index in [1.807, 2.05) is 0 Å². The Balaban J connectivity index is 2.02. The van der Waals surface area contributed by atoms with Crippen LogP contribution in [0.3, 0.4) is 0 Å². The highest BCUT2D eigenvalue weighted by atomic mass is 16.5. The third-order valence-corrected chi connectivity index (χ3v) is 3.95. The molecule has 0 spiro atoms. The molecule has 0 radical (unpaired) electrons. The van der Waals surface area contributed by atoms with Gasteiger partial charge in [-0.3, -0.25) is 4.79 Å². The molecule has 7 nitrogen and oxygen atoms in total. The van der Waals surface area contributed by atoms with E-state index >= 15 is 0 Å². The number of benzene rings is 2. The third kappa shape index (κ3) is 3.57. The highest BCUT2D eigenvalue weighted by molar-refractivity contribution is 6.14. The van der Waals surface area contributed by atoms with Crippen LogP contribution in [0.15, 0.2) is 46.9 Å². The molecule has 140 valence electrons. The number of carbonyl (C=O) groups excluding carboxylic acids is 2. The number of esters is 1. The minimum absolute atomic E-state index is 0.0566. The minimum atomic E-state index is -0.648. The van der Waals surface area contributed by atoms with E-state index in [4.69, 9.17) is 18.6 Å². The highest BCUT2D eigenvalue weighted by Crippen LogP contribution is 2.33. The molecule has 0 aliphatic heterocycles. The molecule has 0 unspecified atom stereocenters. The summed E-state index contributed by atoms with van der Waals surface area (Å²) in [4.78, 5) is 25.1. The summed E-state index contributed by atoms with van der Waals surface area (Å²) in [5.41, 5.74) is 1.02. The fourth-order valence-electron chi connectivity index (χ4n) is 2.68. The van der Waals surface area contributed by atoms with Crippen molar-refractivity contribution in [1.29, 1.82) is 0 Å². The predicted octanol–water partition coefficient (Wildman–Crippen LogP) is 3.88. The zero-order valence-electron chi connectivity index (χ0n) is 15.2. The number of fused-ring (bicyclic) bond motifs is 1. The maximum Gasteiger partial charge on any atom is 0.376 e. The smallest absolute Gasteiger partial charge is 0.376 e.